The van der Waals surface area contributed by atoms with Crippen LogP contribution in [0, 0.1) is 35.3 Å². The Morgan fingerprint density at radius 2 is 1.42 bits per heavy atom. The van der Waals surface area contributed by atoms with Gasteiger partial charge in [-0.3, -0.25) is 9.00 Å². The molecule has 0 bridgehead atoms. The number of aromatic nitrogens is 2. The monoisotopic (exact) mass is 971 g/mol. The molecule has 0 aliphatic heterocycles. The number of rotatable bonds is 5. The van der Waals surface area contributed by atoms with Crippen molar-refractivity contribution in [3.05, 3.63) is 60.2 Å². The Hall–Kier alpha value is 2.88. The van der Waals surface area contributed by atoms with Crippen LogP contribution in [0.15, 0.2) is 49.7 Å². The van der Waals surface area contributed by atoms with E-state index in [2.05, 4.69) is 40.3 Å². The van der Waals surface area contributed by atoms with Gasteiger partial charge in [0.1, 0.15) is 0 Å². The van der Waals surface area contributed by atoms with Gasteiger partial charge in [-0.2, -0.15) is 50.9 Å². The fraction of sp³-hybridized carbons (Fsp3) is 0.519. The van der Waals surface area contributed by atoms with Crippen molar-refractivity contribution in [1.29, 1.82) is 10.5 Å². The number of alkyl halides is 1. The molecule has 264 valence electrons. The smallest absolute Gasteiger partial charge is 1.00 e. The number of carbonyl (C=O) groups excluding carboxylic acids is 1. The summed E-state index contributed by atoms with van der Waals surface area (Å²) in [7, 11) is -2.60. The average molecular weight is 972 g/mol. The van der Waals surface area contributed by atoms with Crippen LogP contribution in [0.3, 0.4) is 0 Å². The molecule has 21 heteroatoms. The zero-order valence-electron chi connectivity index (χ0n) is 28.5. The summed E-state index contributed by atoms with van der Waals surface area (Å²) in [5.74, 6) is 1.12. The molecule has 0 saturated heterocycles. The van der Waals surface area contributed by atoms with Crippen molar-refractivity contribution in [2.45, 2.75) is 34.6 Å². The average Bonchev–Trinajstić information content (AvgIpc) is 2.94. The molecule has 1 unspecified atom stereocenters. The minimum atomic E-state index is -2.16. The van der Waals surface area contributed by atoms with E-state index in [1.807, 2.05) is 37.2 Å². The van der Waals surface area contributed by atoms with E-state index in [-0.39, 0.29) is 209 Å². The molecule has 2 aromatic rings. The van der Waals surface area contributed by atoms with Gasteiger partial charge >= 0.3 is 103 Å². The van der Waals surface area contributed by atoms with Crippen molar-refractivity contribution in [2.24, 2.45) is 13.1 Å². The van der Waals surface area contributed by atoms with Gasteiger partial charge in [0.05, 0.1) is 9.73 Å². The van der Waals surface area contributed by atoms with E-state index in [0.29, 0.717) is 11.6 Å². The first-order chi connectivity index (χ1) is 19.2. The van der Waals surface area contributed by atoms with E-state index in [4.69, 9.17) is 32.2 Å². The van der Waals surface area contributed by atoms with E-state index >= 15 is 0 Å². The van der Waals surface area contributed by atoms with Crippen LogP contribution in [0.1, 0.15) is 34.8 Å². The Bertz CT molecular complexity index is 1290. The molecule has 1 atom stereocenters. The van der Waals surface area contributed by atoms with Crippen molar-refractivity contribution in [2.75, 3.05) is 56.6 Å². The zero-order valence-corrected chi connectivity index (χ0v) is 43.4. The molecule has 0 spiro atoms. The summed E-state index contributed by atoms with van der Waals surface area (Å²) in [6.45, 7) is -0.181. The molecule has 0 aromatic carbocycles. The van der Waals surface area contributed by atoms with Gasteiger partial charge in [0.2, 0.25) is 12.4 Å². The summed E-state index contributed by atoms with van der Waals surface area (Å²) in [5.41, 5.74) is 2.11. The van der Waals surface area contributed by atoms with E-state index in [1.165, 1.54) is 18.7 Å². The van der Waals surface area contributed by atoms with Crippen molar-refractivity contribution < 1.29 is 193 Å². The van der Waals surface area contributed by atoms with E-state index in [1.54, 1.807) is 55.8 Å². The number of nitriles is 2. The van der Waals surface area contributed by atoms with Crippen LogP contribution < -0.4 is 108 Å². The van der Waals surface area contributed by atoms with Crippen molar-refractivity contribution in [1.82, 2.24) is 9.97 Å². The van der Waals surface area contributed by atoms with Gasteiger partial charge in [-0.05, 0) is 31.4 Å². The molecule has 0 N–H and O–H groups in total. The molecule has 0 saturated carbocycles. The third kappa shape index (κ3) is 78.1. The fourth-order valence-corrected chi connectivity index (χ4v) is 2.82. The van der Waals surface area contributed by atoms with Crippen LogP contribution >= 0.6 is 23.4 Å². The van der Waals surface area contributed by atoms with Crippen LogP contribution in [-0.2, 0) is 118 Å². The molecule has 0 aliphatic carbocycles. The number of thioether (sulfide) groups is 1. The maximum atomic E-state index is 11.5. The van der Waals surface area contributed by atoms with E-state index in [9.17, 15) is 8.42 Å². The van der Waals surface area contributed by atoms with Gasteiger partial charge < -0.3 is 21.5 Å². The minimum absolute atomic E-state index is 0. The summed E-state index contributed by atoms with van der Waals surface area (Å²) < 4.78 is 32.3. The number of pyridine rings is 2. The molecular weight excluding hydrogens is 922 g/mol. The zero-order chi connectivity index (χ0) is 32.6. The molecule has 2 aromatic heterocycles. The Kier molecular flexibility index (Phi) is 98.1. The predicted octanol–water partition coefficient (Wildman–Crippen LogP) is -1.07. The fourth-order valence-electron chi connectivity index (χ4n) is 1.51. The summed E-state index contributed by atoms with van der Waals surface area (Å²) >= 11 is 7.22. The molecule has 2 rings (SSSR count). The van der Waals surface area contributed by atoms with Gasteiger partial charge in [0.25, 0.3) is 6.47 Å². The summed E-state index contributed by atoms with van der Waals surface area (Å²) in [6, 6.07) is 7.33. The van der Waals surface area contributed by atoms with Crippen molar-refractivity contribution >= 4 is 60.0 Å². The quantitative estimate of drug-likeness (QED) is 0.0679. The Labute approximate surface area is 441 Å². The Morgan fingerprint density at radius 1 is 1.02 bits per heavy atom. The van der Waals surface area contributed by atoms with Gasteiger partial charge in [0, 0.05) is 113 Å². The summed E-state index contributed by atoms with van der Waals surface area (Å²) in [6.07, 6.45) is 25.1. The summed E-state index contributed by atoms with van der Waals surface area (Å²) in [4.78, 5) is 18.9. The van der Waals surface area contributed by atoms with Crippen molar-refractivity contribution in [3.63, 3.8) is 0 Å². The van der Waals surface area contributed by atoms with E-state index < -0.39 is 19.5 Å². The maximum absolute atomic E-state index is 11.5. The predicted molar refractivity (Wildman–Crippen MR) is 190 cm³/mol. The third-order valence-corrected chi connectivity index (χ3v) is 6.20. The second-order valence-corrected chi connectivity index (χ2v) is 15.3. The molecule has 48 heavy (non-hydrogen) atoms. The largest absolute Gasteiger partial charge is 1.00 e. The topological polar surface area (TPSA) is 194 Å². The molecule has 2 radical (unpaired) electrons. The molecule has 12 nitrogen and oxygen atoms in total. The second-order valence-electron chi connectivity index (χ2n) is 7.26. The van der Waals surface area contributed by atoms with Crippen LogP contribution in [0.2, 0.25) is 0 Å². The Balaban J connectivity index is -0.0000000342. The van der Waals surface area contributed by atoms with Gasteiger partial charge in [-0.15, -0.1) is 27.1 Å². The second kappa shape index (κ2) is 59.2. The van der Waals surface area contributed by atoms with Gasteiger partial charge in [-0.25, -0.2) is 8.57 Å². The Morgan fingerprint density at radius 3 is 1.58 bits per heavy atom. The summed E-state index contributed by atoms with van der Waals surface area (Å²) in [5, 5.41) is 24.1. The first-order valence-electron chi connectivity index (χ1n) is 10.8. The number of nitrogens with zero attached hydrogens (tertiary/aromatic N) is 7. The number of hydrogen-bond acceptors (Lipinski definition) is 13. The van der Waals surface area contributed by atoms with Gasteiger partial charge in [0.15, 0.2) is 0 Å². The first kappa shape index (κ1) is 79.6. The van der Waals surface area contributed by atoms with Crippen LogP contribution in [0.25, 0.3) is 0 Å². The van der Waals surface area contributed by atoms with Crippen LogP contribution in [-0.4, -0.2) is 81.4 Å². The molecular formula is C27H50ClK2N7O5S4Y2-2. The molecule has 0 amide bonds. The number of aryl methyl sites for hydroxylation is 1. The standard InChI is InChI=1S/C9H13N2OS.C6H5ClN.C3H6N2OS.C3H6N2S.C2H6S.CH2O3.3CH4.2K.2Y.H/c1-10-13(2,12)7-5-9-4-3-6-11-8-9;7-4-6-2-1-3-8-5-6;1-7(2,6)5-3-4;1-6(2)5-3-4;1-3-2;2-1-4-3;;;;;;;;/h3-4,8H,5,7H2,1-2H3;1-2,5H,4H2;1-2H3;1-2H3;1-2H3;1,3H;3*1H4;;;;;/q2*-1;;;;;;;;2*+1;;;-1/p-1. The van der Waals surface area contributed by atoms with E-state index in [0.717, 1.165) is 17.5 Å². The third-order valence-electron chi connectivity index (χ3n) is 3.19. The number of hydrogen-bond donors (Lipinski definition) is 0. The van der Waals surface area contributed by atoms with Crippen molar-refractivity contribution in [3.8, 4) is 12.4 Å². The van der Waals surface area contributed by atoms with Crippen LogP contribution in [0.4, 0.5) is 0 Å². The van der Waals surface area contributed by atoms with Gasteiger partial charge in [-0.1, -0.05) is 57.8 Å². The SMILES string of the molecule is C.C.C.CN=S(C)(=O)CCc1cc[c-]nc1.CS(C)(=O)=NC#N.CS(C)=NC#N.CSC.ClCc1cc[c-]nc1.O=CO[O-].[H-].[K+].[K+].[Y].[Y]. The first-order valence-corrected chi connectivity index (χ1v) is 19.4. The number of carbonyl (C=O) groups is 1. The molecule has 2 heterocycles. The number of halogens is 1. The van der Waals surface area contributed by atoms with Crippen LogP contribution in [0.5, 0.6) is 0 Å². The molecule has 0 fully saturated rings. The maximum Gasteiger partial charge on any atom is 1.00 e. The minimum Gasteiger partial charge on any atom is -1.00 e. The molecule has 0 aliphatic rings. The normalized spacial score (nSPS) is 8.77.